The van der Waals surface area contributed by atoms with Gasteiger partial charge in [0.25, 0.3) is 5.91 Å². The zero-order chi connectivity index (χ0) is 25.0. The molecule has 9 heteroatoms. The number of anilines is 2. The fourth-order valence-corrected chi connectivity index (χ4v) is 4.80. The van der Waals surface area contributed by atoms with Crippen molar-refractivity contribution in [1.82, 2.24) is 14.9 Å². The molecule has 3 aromatic rings. The van der Waals surface area contributed by atoms with Crippen LogP contribution in [0.25, 0.3) is 11.3 Å². The molecule has 1 aliphatic heterocycles. The highest BCUT2D eigenvalue weighted by Gasteiger charge is 2.20. The minimum Gasteiger partial charge on any atom is -0.380 e. The van der Waals surface area contributed by atoms with Gasteiger partial charge < -0.3 is 24.8 Å². The van der Waals surface area contributed by atoms with Crippen LogP contribution in [0.2, 0.25) is 0 Å². The molecule has 8 nitrogen and oxygen atoms in total. The number of piperidine rings is 1. The number of benzene rings is 1. The fraction of sp³-hybridized carbons (Fsp3) is 0.423. The van der Waals surface area contributed by atoms with Crippen LogP contribution >= 0.6 is 11.3 Å². The first kappa shape index (κ1) is 24.9. The summed E-state index contributed by atoms with van der Waals surface area (Å²) in [4.78, 5) is 31.7. The molecule has 2 aromatic heterocycles. The van der Waals surface area contributed by atoms with E-state index >= 15 is 0 Å². The molecule has 0 radical (unpaired) electrons. The molecule has 0 aliphatic carbocycles. The number of carbonyl (C=O) groups excluding carboxylic acids is 2. The summed E-state index contributed by atoms with van der Waals surface area (Å²) >= 11 is 1.36. The Kier molecular flexibility index (Phi) is 7.57. The maximum absolute atomic E-state index is 12.4. The van der Waals surface area contributed by atoms with Crippen LogP contribution in [0.15, 0.2) is 48.1 Å². The fourth-order valence-electron chi connectivity index (χ4n) is 4.06. The van der Waals surface area contributed by atoms with Crippen LogP contribution in [0.1, 0.15) is 44.0 Å². The summed E-state index contributed by atoms with van der Waals surface area (Å²) < 4.78 is 7.52. The molecule has 35 heavy (non-hydrogen) atoms. The lowest BCUT2D eigenvalue weighted by Crippen LogP contribution is -2.39. The highest BCUT2D eigenvalue weighted by atomic mass is 32.1. The van der Waals surface area contributed by atoms with Crippen molar-refractivity contribution in [2.45, 2.75) is 45.3 Å². The summed E-state index contributed by atoms with van der Waals surface area (Å²) in [6.45, 7) is 7.94. The molecule has 4 rings (SSSR count). The van der Waals surface area contributed by atoms with Crippen molar-refractivity contribution >= 4 is 34.0 Å². The highest BCUT2D eigenvalue weighted by Crippen LogP contribution is 2.29. The first-order valence-corrected chi connectivity index (χ1v) is 12.7. The Labute approximate surface area is 210 Å². The Hall–Kier alpha value is -3.17. The molecule has 3 heterocycles. The highest BCUT2D eigenvalue weighted by molar-refractivity contribution is 7.14. The van der Waals surface area contributed by atoms with Gasteiger partial charge in [-0.15, -0.1) is 11.3 Å². The molecule has 0 unspecified atom stereocenters. The van der Waals surface area contributed by atoms with Gasteiger partial charge in [-0.2, -0.15) is 0 Å². The molecule has 186 valence electrons. The van der Waals surface area contributed by atoms with Crippen LogP contribution in [0.4, 0.5) is 10.8 Å². The molecule has 1 aliphatic rings. The lowest BCUT2D eigenvalue weighted by molar-refractivity contribution is -0.115. The number of rotatable bonds is 7. The van der Waals surface area contributed by atoms with Gasteiger partial charge in [-0.05, 0) is 51.8 Å². The van der Waals surface area contributed by atoms with E-state index in [0.717, 1.165) is 42.9 Å². The number of aromatic nitrogens is 2. The van der Waals surface area contributed by atoms with Crippen molar-refractivity contribution in [3.63, 3.8) is 0 Å². The molecular formula is C26H33N5O3S. The minimum absolute atomic E-state index is 0.113. The number of amides is 2. The van der Waals surface area contributed by atoms with E-state index in [-0.39, 0.29) is 30.0 Å². The Morgan fingerprint density at radius 1 is 1.26 bits per heavy atom. The predicted octanol–water partition coefficient (Wildman–Crippen LogP) is 4.35. The lowest BCUT2D eigenvalue weighted by Gasteiger charge is -2.33. The number of carbonyl (C=O) groups is 2. The molecule has 0 spiro atoms. The van der Waals surface area contributed by atoms with E-state index in [4.69, 9.17) is 4.74 Å². The summed E-state index contributed by atoms with van der Waals surface area (Å²) in [6.07, 6.45) is 6.10. The van der Waals surface area contributed by atoms with E-state index in [2.05, 4.69) is 53.4 Å². The van der Waals surface area contributed by atoms with E-state index in [9.17, 15) is 9.59 Å². The Balaban J connectivity index is 1.33. The first-order valence-electron chi connectivity index (χ1n) is 11.8. The zero-order valence-corrected chi connectivity index (χ0v) is 21.5. The Bertz CT molecular complexity index is 1180. The topological polar surface area (TPSA) is 88.5 Å². The number of ether oxygens (including phenoxy) is 1. The van der Waals surface area contributed by atoms with Crippen LogP contribution < -0.4 is 15.5 Å². The zero-order valence-electron chi connectivity index (χ0n) is 20.7. The van der Waals surface area contributed by atoms with Crippen LogP contribution in [-0.2, 0) is 15.1 Å². The summed E-state index contributed by atoms with van der Waals surface area (Å²) in [5.41, 5.74) is 3.36. The number of hydrogen-bond donors (Lipinski definition) is 2. The van der Waals surface area contributed by atoms with Crippen LogP contribution in [0, 0.1) is 0 Å². The van der Waals surface area contributed by atoms with Gasteiger partial charge in [0.05, 0.1) is 23.9 Å². The average molecular weight is 496 g/mol. The molecule has 1 fully saturated rings. The maximum atomic E-state index is 12.4. The second-order valence-corrected chi connectivity index (χ2v) is 10.6. The first-order chi connectivity index (χ1) is 16.7. The quantitative estimate of drug-likeness (QED) is 0.509. The van der Waals surface area contributed by atoms with Crippen molar-refractivity contribution in [2.75, 3.05) is 37.0 Å². The van der Waals surface area contributed by atoms with E-state index in [1.54, 1.807) is 19.4 Å². The van der Waals surface area contributed by atoms with Gasteiger partial charge >= 0.3 is 0 Å². The van der Waals surface area contributed by atoms with Gasteiger partial charge in [0.15, 0.2) is 5.13 Å². The molecule has 1 saturated heterocycles. The second kappa shape index (κ2) is 10.6. The third-order valence-electron chi connectivity index (χ3n) is 6.11. The van der Waals surface area contributed by atoms with Gasteiger partial charge in [0, 0.05) is 54.8 Å². The molecule has 1 atom stereocenters. The lowest BCUT2D eigenvalue weighted by atomic mass is 10.1. The van der Waals surface area contributed by atoms with Gasteiger partial charge in [-0.3, -0.25) is 9.59 Å². The summed E-state index contributed by atoms with van der Waals surface area (Å²) in [5, 5.41) is 7.88. The Morgan fingerprint density at radius 3 is 2.83 bits per heavy atom. The van der Waals surface area contributed by atoms with Gasteiger partial charge in [-0.1, -0.05) is 12.1 Å². The van der Waals surface area contributed by atoms with Crippen molar-refractivity contribution in [3.8, 4) is 11.3 Å². The molecular weight excluding hydrogens is 462 g/mol. The standard InChI is InChI=1S/C26H33N5O3S/c1-26(2,3)31-12-10-19(15-31)24(33)27-14-23(32)29-25-28-22(17-35-25)18-7-5-8-20(13-18)30-11-6-9-21(16-30)34-4/h5,7-8,10,12-13,15,17,21H,6,9,11,14,16H2,1-4H3,(H,27,33)(H,28,29,32)/t21-/m1/s1. The minimum atomic E-state index is -0.317. The van der Waals surface area contributed by atoms with E-state index in [0.29, 0.717) is 10.7 Å². The van der Waals surface area contributed by atoms with Crippen molar-refractivity contribution in [2.24, 2.45) is 0 Å². The predicted molar refractivity (Wildman–Crippen MR) is 140 cm³/mol. The smallest absolute Gasteiger partial charge is 0.253 e. The van der Waals surface area contributed by atoms with Crippen molar-refractivity contribution in [3.05, 3.63) is 53.7 Å². The van der Waals surface area contributed by atoms with Crippen molar-refractivity contribution < 1.29 is 14.3 Å². The second-order valence-electron chi connectivity index (χ2n) is 9.74. The van der Waals surface area contributed by atoms with E-state index < -0.39 is 0 Å². The van der Waals surface area contributed by atoms with Crippen LogP contribution in [0.5, 0.6) is 0 Å². The molecule has 0 bridgehead atoms. The number of methoxy groups -OCH3 is 1. The molecule has 1 aromatic carbocycles. The number of nitrogens with one attached hydrogen (secondary N) is 2. The van der Waals surface area contributed by atoms with E-state index in [1.165, 1.54) is 11.3 Å². The van der Waals surface area contributed by atoms with Crippen molar-refractivity contribution in [1.29, 1.82) is 0 Å². The molecule has 2 N–H and O–H groups in total. The number of thiazole rings is 1. The average Bonchev–Trinajstić information content (AvgIpc) is 3.53. The third-order valence-corrected chi connectivity index (χ3v) is 6.87. The van der Waals surface area contributed by atoms with Crippen LogP contribution in [-0.4, -0.2) is 54.2 Å². The normalized spacial score (nSPS) is 16.2. The molecule has 2 amide bonds. The van der Waals surface area contributed by atoms with Gasteiger partial charge in [0.2, 0.25) is 5.91 Å². The van der Waals surface area contributed by atoms with Crippen LogP contribution in [0.3, 0.4) is 0 Å². The third kappa shape index (κ3) is 6.29. The maximum Gasteiger partial charge on any atom is 0.253 e. The monoisotopic (exact) mass is 495 g/mol. The molecule has 0 saturated carbocycles. The SMILES string of the molecule is CO[C@@H]1CCCN(c2cccc(-c3csc(NC(=O)CNC(=O)c4ccn(C(C)(C)C)c4)n3)c2)C1. The van der Waals surface area contributed by atoms with Gasteiger partial charge in [0.1, 0.15) is 0 Å². The number of nitrogens with zero attached hydrogens (tertiary/aromatic N) is 3. The summed E-state index contributed by atoms with van der Waals surface area (Å²) in [7, 11) is 1.77. The largest absolute Gasteiger partial charge is 0.380 e. The number of hydrogen-bond acceptors (Lipinski definition) is 6. The summed E-state index contributed by atoms with van der Waals surface area (Å²) in [5.74, 6) is -0.601. The Morgan fingerprint density at radius 2 is 2.09 bits per heavy atom. The van der Waals surface area contributed by atoms with Gasteiger partial charge in [-0.25, -0.2) is 4.98 Å². The van der Waals surface area contributed by atoms with E-state index in [1.807, 2.05) is 28.3 Å². The summed E-state index contributed by atoms with van der Waals surface area (Å²) in [6, 6.07) is 10.0.